The number of aryl methyl sites for hydroxylation is 2. The second kappa shape index (κ2) is 7.13. The van der Waals surface area contributed by atoms with E-state index in [1.807, 2.05) is 62.4 Å². The molecular weight excluding hydrogens is 358 g/mol. The van der Waals surface area contributed by atoms with Gasteiger partial charge in [-0.3, -0.25) is 19.7 Å². The number of nitrogens with zero attached hydrogens (tertiary/aromatic N) is 4. The van der Waals surface area contributed by atoms with Gasteiger partial charge in [-0.2, -0.15) is 0 Å². The van der Waals surface area contributed by atoms with Gasteiger partial charge >= 0.3 is 0 Å². The van der Waals surface area contributed by atoms with Gasteiger partial charge in [-0.1, -0.05) is 24.3 Å². The summed E-state index contributed by atoms with van der Waals surface area (Å²) < 4.78 is 1.75. The van der Waals surface area contributed by atoms with Gasteiger partial charge in [0.05, 0.1) is 18.2 Å². The van der Waals surface area contributed by atoms with Crippen LogP contribution in [0.25, 0.3) is 17.1 Å². The Balaban J connectivity index is 1.60. The van der Waals surface area contributed by atoms with Gasteiger partial charge in [-0.25, -0.2) is 9.97 Å². The first-order valence-electron chi connectivity index (χ1n) is 8.42. The van der Waals surface area contributed by atoms with Gasteiger partial charge in [0.25, 0.3) is 5.91 Å². The number of carbonyl (C=O) groups excluding carboxylic acids is 1. The number of nitrogens with one attached hydrogen (secondary N) is 1. The summed E-state index contributed by atoms with van der Waals surface area (Å²) in [6.45, 7) is 3.92. The third kappa shape index (κ3) is 3.50. The molecule has 1 N–H and O–H groups in total. The molecule has 0 radical (unpaired) electrons. The van der Waals surface area contributed by atoms with Crippen molar-refractivity contribution in [2.24, 2.45) is 0 Å². The quantitative estimate of drug-likeness (QED) is 0.578. The molecule has 4 rings (SSSR count). The van der Waals surface area contributed by atoms with E-state index in [0.717, 1.165) is 27.6 Å². The van der Waals surface area contributed by atoms with Gasteiger partial charge in [0.2, 0.25) is 0 Å². The SMILES string of the molecule is Cc1cccc(-c2nc(NC(=O)c3cncn3-c3ccccc3)sc2C)n1. The van der Waals surface area contributed by atoms with Crippen LogP contribution >= 0.6 is 11.3 Å². The number of para-hydroxylation sites is 1. The summed E-state index contributed by atoms with van der Waals surface area (Å²) in [6, 6.07) is 15.4. The van der Waals surface area contributed by atoms with Crippen LogP contribution in [0, 0.1) is 13.8 Å². The number of anilines is 1. The number of carbonyl (C=O) groups is 1. The second-order valence-corrected chi connectivity index (χ2v) is 7.23. The normalized spacial score (nSPS) is 10.7. The van der Waals surface area contributed by atoms with Gasteiger partial charge in [-0.05, 0) is 38.1 Å². The van der Waals surface area contributed by atoms with Crippen LogP contribution in [0.15, 0.2) is 61.1 Å². The number of aromatic nitrogens is 4. The molecule has 1 amide bonds. The zero-order valence-corrected chi connectivity index (χ0v) is 15.7. The van der Waals surface area contributed by atoms with Gasteiger partial charge in [0, 0.05) is 16.3 Å². The van der Waals surface area contributed by atoms with Gasteiger partial charge in [0.1, 0.15) is 11.4 Å². The van der Waals surface area contributed by atoms with Gasteiger partial charge in [0.15, 0.2) is 5.13 Å². The highest BCUT2D eigenvalue weighted by Gasteiger charge is 2.17. The van der Waals surface area contributed by atoms with Crippen LogP contribution in [0.3, 0.4) is 0 Å². The van der Waals surface area contributed by atoms with E-state index in [1.54, 1.807) is 17.1 Å². The molecule has 3 heterocycles. The molecule has 7 heteroatoms. The average molecular weight is 375 g/mol. The molecule has 0 bridgehead atoms. The Morgan fingerprint density at radius 3 is 2.63 bits per heavy atom. The predicted molar refractivity (Wildman–Crippen MR) is 106 cm³/mol. The lowest BCUT2D eigenvalue weighted by atomic mass is 10.2. The molecule has 0 spiro atoms. The fourth-order valence-corrected chi connectivity index (χ4v) is 3.60. The van der Waals surface area contributed by atoms with E-state index in [1.165, 1.54) is 11.3 Å². The van der Waals surface area contributed by atoms with Crippen molar-refractivity contribution in [2.75, 3.05) is 5.32 Å². The summed E-state index contributed by atoms with van der Waals surface area (Å²) in [5, 5.41) is 3.42. The van der Waals surface area contributed by atoms with Crippen LogP contribution in [0.4, 0.5) is 5.13 Å². The number of thiazole rings is 1. The van der Waals surface area contributed by atoms with E-state index < -0.39 is 0 Å². The Hall–Kier alpha value is -3.32. The Kier molecular flexibility index (Phi) is 4.52. The fourth-order valence-electron chi connectivity index (χ4n) is 2.78. The number of rotatable bonds is 4. The molecule has 0 aliphatic rings. The van der Waals surface area contributed by atoms with Crippen LogP contribution in [-0.2, 0) is 0 Å². The molecular formula is C20H17N5OS. The molecule has 27 heavy (non-hydrogen) atoms. The fraction of sp³-hybridized carbons (Fsp3) is 0.100. The minimum Gasteiger partial charge on any atom is -0.296 e. The van der Waals surface area contributed by atoms with Crippen molar-refractivity contribution in [3.05, 3.63) is 77.3 Å². The molecule has 0 saturated carbocycles. The number of imidazole rings is 1. The molecule has 1 aromatic carbocycles. The summed E-state index contributed by atoms with van der Waals surface area (Å²) in [5.74, 6) is -0.256. The number of pyridine rings is 1. The summed E-state index contributed by atoms with van der Waals surface area (Å²) in [4.78, 5) is 27.0. The maximum absolute atomic E-state index is 12.8. The van der Waals surface area contributed by atoms with E-state index in [0.29, 0.717) is 10.8 Å². The van der Waals surface area contributed by atoms with Crippen molar-refractivity contribution < 1.29 is 4.79 Å². The number of hydrogen-bond acceptors (Lipinski definition) is 5. The van der Waals surface area contributed by atoms with Crippen molar-refractivity contribution in [3.63, 3.8) is 0 Å². The number of benzene rings is 1. The summed E-state index contributed by atoms with van der Waals surface area (Å²) in [5.41, 5.74) is 3.84. The molecule has 0 saturated heterocycles. The molecule has 0 atom stereocenters. The maximum Gasteiger partial charge on any atom is 0.276 e. The van der Waals surface area contributed by atoms with Gasteiger partial charge in [-0.15, -0.1) is 11.3 Å². The molecule has 6 nitrogen and oxygen atoms in total. The molecule has 3 aromatic heterocycles. The predicted octanol–water partition coefficient (Wildman–Crippen LogP) is 4.26. The van der Waals surface area contributed by atoms with Crippen molar-refractivity contribution in [2.45, 2.75) is 13.8 Å². The standard InChI is InChI=1S/C20H17N5OS/c1-13-7-6-10-16(22-13)18-14(2)27-20(23-18)24-19(26)17-11-21-12-25(17)15-8-4-3-5-9-15/h3-12H,1-2H3,(H,23,24,26). The minimum atomic E-state index is -0.256. The Bertz CT molecular complexity index is 1100. The highest BCUT2D eigenvalue weighted by molar-refractivity contribution is 7.16. The summed E-state index contributed by atoms with van der Waals surface area (Å²) in [6.07, 6.45) is 3.17. The first-order valence-corrected chi connectivity index (χ1v) is 9.24. The Morgan fingerprint density at radius 1 is 1.04 bits per heavy atom. The van der Waals surface area contributed by atoms with Crippen LogP contribution in [-0.4, -0.2) is 25.4 Å². The third-order valence-electron chi connectivity index (χ3n) is 4.05. The smallest absolute Gasteiger partial charge is 0.276 e. The topological polar surface area (TPSA) is 72.7 Å². The van der Waals surface area contributed by atoms with Crippen molar-refractivity contribution in [3.8, 4) is 17.1 Å². The lowest BCUT2D eigenvalue weighted by molar-refractivity contribution is 0.102. The van der Waals surface area contributed by atoms with E-state index in [2.05, 4.69) is 20.3 Å². The van der Waals surface area contributed by atoms with Crippen molar-refractivity contribution in [1.29, 1.82) is 0 Å². The average Bonchev–Trinajstić information content (AvgIpc) is 3.29. The highest BCUT2D eigenvalue weighted by atomic mass is 32.1. The monoisotopic (exact) mass is 375 g/mol. The highest BCUT2D eigenvalue weighted by Crippen LogP contribution is 2.29. The Morgan fingerprint density at radius 2 is 1.85 bits per heavy atom. The van der Waals surface area contributed by atoms with Crippen LogP contribution < -0.4 is 5.32 Å². The van der Waals surface area contributed by atoms with Crippen molar-refractivity contribution >= 4 is 22.4 Å². The molecule has 134 valence electrons. The van der Waals surface area contributed by atoms with E-state index >= 15 is 0 Å². The zero-order chi connectivity index (χ0) is 18.8. The maximum atomic E-state index is 12.8. The molecule has 0 aliphatic carbocycles. The van der Waals surface area contributed by atoms with Crippen LogP contribution in [0.1, 0.15) is 21.1 Å². The van der Waals surface area contributed by atoms with Crippen LogP contribution in [0.2, 0.25) is 0 Å². The third-order valence-corrected chi connectivity index (χ3v) is 4.94. The molecule has 0 fully saturated rings. The van der Waals surface area contributed by atoms with E-state index in [-0.39, 0.29) is 5.91 Å². The molecule has 4 aromatic rings. The second-order valence-electron chi connectivity index (χ2n) is 6.03. The Labute approximate surface area is 160 Å². The summed E-state index contributed by atoms with van der Waals surface area (Å²) in [7, 11) is 0. The number of amides is 1. The first-order chi connectivity index (χ1) is 13.1. The minimum absolute atomic E-state index is 0.256. The van der Waals surface area contributed by atoms with Crippen LogP contribution in [0.5, 0.6) is 0 Å². The summed E-state index contributed by atoms with van der Waals surface area (Å²) >= 11 is 1.43. The lowest BCUT2D eigenvalue weighted by Gasteiger charge is -2.07. The molecule has 0 aliphatic heterocycles. The zero-order valence-electron chi connectivity index (χ0n) is 14.9. The molecule has 0 unspecified atom stereocenters. The first kappa shape index (κ1) is 17.1. The lowest BCUT2D eigenvalue weighted by Crippen LogP contribution is -2.15. The van der Waals surface area contributed by atoms with E-state index in [4.69, 9.17) is 0 Å². The van der Waals surface area contributed by atoms with E-state index in [9.17, 15) is 4.79 Å². The van der Waals surface area contributed by atoms with Crippen molar-refractivity contribution in [1.82, 2.24) is 19.5 Å². The van der Waals surface area contributed by atoms with Gasteiger partial charge < -0.3 is 0 Å². The number of hydrogen-bond donors (Lipinski definition) is 1. The largest absolute Gasteiger partial charge is 0.296 e.